The van der Waals surface area contributed by atoms with Gasteiger partial charge in [-0.1, -0.05) is 42.5 Å². The summed E-state index contributed by atoms with van der Waals surface area (Å²) in [6.07, 6.45) is 3.08. The second-order valence-electron chi connectivity index (χ2n) is 7.64. The molecule has 140 valence electrons. The molecule has 0 saturated carbocycles. The molecule has 1 amide bonds. The molecule has 1 aliphatic carbocycles. The maximum absolute atomic E-state index is 14.1. The Morgan fingerprint density at radius 2 is 1.70 bits per heavy atom. The summed E-state index contributed by atoms with van der Waals surface area (Å²) in [5.74, 6) is -0.234. The maximum Gasteiger partial charge on any atom is 0.226 e. The van der Waals surface area contributed by atoms with Crippen LogP contribution in [0.25, 0.3) is 0 Å². The first-order valence-electron chi connectivity index (χ1n) is 9.78. The van der Waals surface area contributed by atoms with Crippen LogP contribution in [0, 0.1) is 11.7 Å². The fourth-order valence-electron chi connectivity index (χ4n) is 4.46. The molecule has 4 heteroatoms. The van der Waals surface area contributed by atoms with Crippen LogP contribution in [0.3, 0.4) is 0 Å². The average molecular weight is 365 g/mol. The number of carbonyl (C=O) groups is 2. The molecule has 27 heavy (non-hydrogen) atoms. The summed E-state index contributed by atoms with van der Waals surface area (Å²) < 4.78 is 14.1. The number of fused-ring (bicyclic) bond motifs is 1. The highest BCUT2D eigenvalue weighted by Gasteiger charge is 2.33. The number of hydrogen-bond acceptors (Lipinski definition) is 2. The number of halogens is 1. The van der Waals surface area contributed by atoms with Gasteiger partial charge in [0.2, 0.25) is 5.91 Å². The van der Waals surface area contributed by atoms with Crippen LogP contribution in [-0.2, 0) is 11.2 Å². The summed E-state index contributed by atoms with van der Waals surface area (Å²) in [6, 6.07) is 15.1. The number of likely N-dealkylation sites (tertiary alicyclic amines) is 1. The zero-order chi connectivity index (χ0) is 18.8. The minimum Gasteiger partial charge on any atom is -0.342 e. The molecule has 2 aromatic rings. The largest absolute Gasteiger partial charge is 0.342 e. The van der Waals surface area contributed by atoms with Crippen LogP contribution >= 0.6 is 0 Å². The number of hydrogen-bond donors (Lipinski definition) is 0. The SMILES string of the molecule is O=C1CC(C(=O)N2CCC(c3ccccc3)CC2)CCc2c(F)cccc21. The average Bonchev–Trinajstić information content (AvgIpc) is 2.88. The molecule has 1 fully saturated rings. The molecule has 1 heterocycles. The van der Waals surface area contributed by atoms with Gasteiger partial charge in [-0.3, -0.25) is 9.59 Å². The molecule has 0 aromatic heterocycles. The van der Waals surface area contributed by atoms with Crippen LogP contribution in [0.2, 0.25) is 0 Å². The van der Waals surface area contributed by atoms with E-state index in [0.29, 0.717) is 29.9 Å². The first-order valence-corrected chi connectivity index (χ1v) is 9.78. The Morgan fingerprint density at radius 3 is 2.44 bits per heavy atom. The van der Waals surface area contributed by atoms with Crippen LogP contribution < -0.4 is 0 Å². The zero-order valence-corrected chi connectivity index (χ0v) is 15.4. The van der Waals surface area contributed by atoms with Gasteiger partial charge in [-0.15, -0.1) is 0 Å². The number of carbonyl (C=O) groups excluding carboxylic acids is 2. The summed E-state index contributed by atoms with van der Waals surface area (Å²) in [5.41, 5.74) is 2.26. The molecule has 2 aliphatic rings. The Labute approximate surface area is 159 Å². The molecule has 3 nitrogen and oxygen atoms in total. The van der Waals surface area contributed by atoms with Gasteiger partial charge >= 0.3 is 0 Å². The fraction of sp³-hybridized carbons (Fsp3) is 0.391. The van der Waals surface area contributed by atoms with Gasteiger partial charge in [0, 0.05) is 31.0 Å². The molecule has 0 N–H and O–H groups in total. The summed E-state index contributed by atoms with van der Waals surface area (Å²) in [5, 5.41) is 0. The lowest BCUT2D eigenvalue weighted by molar-refractivity contribution is -0.136. The molecule has 2 aromatic carbocycles. The van der Waals surface area contributed by atoms with Crippen LogP contribution in [-0.4, -0.2) is 29.7 Å². The number of amides is 1. The first kappa shape index (κ1) is 17.9. The molecule has 0 radical (unpaired) electrons. The number of nitrogens with zero attached hydrogens (tertiary/aromatic N) is 1. The topological polar surface area (TPSA) is 37.4 Å². The Hall–Kier alpha value is -2.49. The van der Waals surface area contributed by atoms with E-state index in [4.69, 9.17) is 0 Å². The van der Waals surface area contributed by atoms with Crippen LogP contribution in [0.1, 0.15) is 53.1 Å². The van der Waals surface area contributed by atoms with Crippen LogP contribution in [0.15, 0.2) is 48.5 Å². The number of piperidine rings is 1. The molecule has 0 bridgehead atoms. The van der Waals surface area contributed by atoms with E-state index in [-0.39, 0.29) is 29.8 Å². The summed E-state index contributed by atoms with van der Waals surface area (Å²) in [6.45, 7) is 1.45. The summed E-state index contributed by atoms with van der Waals surface area (Å²) >= 11 is 0. The minimum absolute atomic E-state index is 0.0584. The molecule has 0 spiro atoms. The molecule has 1 saturated heterocycles. The van der Waals surface area contributed by atoms with E-state index in [1.807, 2.05) is 11.0 Å². The van der Waals surface area contributed by atoms with Crippen molar-refractivity contribution >= 4 is 11.7 Å². The van der Waals surface area contributed by atoms with E-state index in [9.17, 15) is 14.0 Å². The van der Waals surface area contributed by atoms with Gasteiger partial charge in [0.25, 0.3) is 0 Å². The second kappa shape index (κ2) is 7.63. The van der Waals surface area contributed by atoms with Crippen molar-refractivity contribution in [1.82, 2.24) is 4.90 Å². The van der Waals surface area contributed by atoms with Crippen molar-refractivity contribution < 1.29 is 14.0 Å². The van der Waals surface area contributed by atoms with Crippen molar-refractivity contribution in [3.05, 3.63) is 71.0 Å². The standard InChI is InChI=1S/C23H24FNO2/c24-21-8-4-7-20-19(21)10-9-18(15-22(20)26)23(27)25-13-11-17(12-14-25)16-5-2-1-3-6-16/h1-8,17-18H,9-15H2. The zero-order valence-electron chi connectivity index (χ0n) is 15.4. The summed E-state index contributed by atoms with van der Waals surface area (Å²) in [7, 11) is 0. The third kappa shape index (κ3) is 3.66. The van der Waals surface area contributed by atoms with Crippen molar-refractivity contribution in [3.63, 3.8) is 0 Å². The minimum atomic E-state index is -0.336. The lowest BCUT2D eigenvalue weighted by atomic mass is 9.88. The van der Waals surface area contributed by atoms with Gasteiger partial charge in [-0.05, 0) is 48.8 Å². The molecule has 4 rings (SSSR count). The molecule has 1 unspecified atom stereocenters. The lowest BCUT2D eigenvalue weighted by Crippen LogP contribution is -2.41. The van der Waals surface area contributed by atoms with Gasteiger partial charge in [0.15, 0.2) is 5.78 Å². The van der Waals surface area contributed by atoms with E-state index in [1.54, 1.807) is 12.1 Å². The van der Waals surface area contributed by atoms with E-state index in [1.165, 1.54) is 11.6 Å². The predicted molar refractivity (Wildman–Crippen MR) is 102 cm³/mol. The number of benzene rings is 2. The maximum atomic E-state index is 14.1. The van der Waals surface area contributed by atoms with Crippen molar-refractivity contribution in [2.24, 2.45) is 5.92 Å². The van der Waals surface area contributed by atoms with Crippen molar-refractivity contribution in [2.75, 3.05) is 13.1 Å². The quantitative estimate of drug-likeness (QED) is 0.741. The van der Waals surface area contributed by atoms with Crippen molar-refractivity contribution in [3.8, 4) is 0 Å². The highest BCUT2D eigenvalue weighted by Crippen LogP contribution is 2.31. The van der Waals surface area contributed by atoms with E-state index >= 15 is 0 Å². The first-order chi connectivity index (χ1) is 13.1. The van der Waals surface area contributed by atoms with Gasteiger partial charge in [-0.2, -0.15) is 0 Å². The van der Waals surface area contributed by atoms with Crippen LogP contribution in [0.4, 0.5) is 4.39 Å². The number of ketones is 1. The number of Topliss-reactive ketones (excluding diaryl/α,β-unsaturated/α-hetero) is 1. The molecular weight excluding hydrogens is 341 g/mol. The lowest BCUT2D eigenvalue weighted by Gasteiger charge is -2.34. The van der Waals surface area contributed by atoms with Crippen LogP contribution in [0.5, 0.6) is 0 Å². The van der Waals surface area contributed by atoms with E-state index < -0.39 is 0 Å². The Balaban J connectivity index is 1.41. The van der Waals surface area contributed by atoms with Gasteiger partial charge < -0.3 is 4.90 Å². The normalized spacial score (nSPS) is 20.9. The fourth-order valence-corrected chi connectivity index (χ4v) is 4.46. The van der Waals surface area contributed by atoms with Crippen molar-refractivity contribution in [1.29, 1.82) is 0 Å². The molecule has 1 atom stereocenters. The highest BCUT2D eigenvalue weighted by atomic mass is 19.1. The summed E-state index contributed by atoms with van der Waals surface area (Å²) in [4.78, 5) is 27.5. The Kier molecular flexibility index (Phi) is 5.06. The number of rotatable bonds is 2. The van der Waals surface area contributed by atoms with Gasteiger partial charge in [-0.25, -0.2) is 4.39 Å². The predicted octanol–water partition coefficient (Wildman–Crippen LogP) is 4.37. The monoisotopic (exact) mass is 365 g/mol. The van der Waals surface area contributed by atoms with Crippen molar-refractivity contribution in [2.45, 2.75) is 38.0 Å². The van der Waals surface area contributed by atoms with E-state index in [2.05, 4.69) is 24.3 Å². The van der Waals surface area contributed by atoms with E-state index in [0.717, 1.165) is 25.9 Å². The Morgan fingerprint density at radius 1 is 0.963 bits per heavy atom. The molecule has 1 aliphatic heterocycles. The smallest absolute Gasteiger partial charge is 0.226 e. The van der Waals surface area contributed by atoms with Gasteiger partial charge in [0.05, 0.1) is 0 Å². The molecular formula is C23H24FNO2. The highest BCUT2D eigenvalue weighted by molar-refractivity contribution is 6.00. The third-order valence-electron chi connectivity index (χ3n) is 6.02. The Bertz CT molecular complexity index is 841. The second-order valence-corrected chi connectivity index (χ2v) is 7.64. The van der Waals surface area contributed by atoms with Gasteiger partial charge in [0.1, 0.15) is 5.82 Å². The third-order valence-corrected chi connectivity index (χ3v) is 6.02.